The van der Waals surface area contributed by atoms with Crippen LogP contribution in [0.2, 0.25) is 0 Å². The van der Waals surface area contributed by atoms with Crippen LogP contribution in [0.3, 0.4) is 0 Å². The van der Waals surface area contributed by atoms with Crippen molar-refractivity contribution in [3.05, 3.63) is 52.2 Å². The first-order valence-corrected chi connectivity index (χ1v) is 9.22. The molecular formula is C20H25N5O2. The van der Waals surface area contributed by atoms with Gasteiger partial charge in [-0.2, -0.15) is 5.10 Å². The Labute approximate surface area is 158 Å². The summed E-state index contributed by atoms with van der Waals surface area (Å²) in [6.45, 7) is 8.07. The third kappa shape index (κ3) is 3.92. The number of aryl methyl sites for hydroxylation is 2. The van der Waals surface area contributed by atoms with Crippen molar-refractivity contribution < 1.29 is 4.79 Å². The standard InChI is InChI=1S/C20H25N5O2/c1-5-14(3)22-18(26)10-11-24-15(4)23-19-17(20(24)27)12-21-25(19)16-8-6-13(2)7-9-16/h6-9,12,14H,5,10-11H2,1-4H3,(H,22,26). The number of hydrogen-bond donors (Lipinski definition) is 1. The summed E-state index contributed by atoms with van der Waals surface area (Å²) in [6.07, 6.45) is 2.65. The molecule has 1 atom stereocenters. The van der Waals surface area contributed by atoms with Gasteiger partial charge >= 0.3 is 0 Å². The van der Waals surface area contributed by atoms with Gasteiger partial charge in [0.2, 0.25) is 5.91 Å². The van der Waals surface area contributed by atoms with E-state index in [-0.39, 0.29) is 23.9 Å². The van der Waals surface area contributed by atoms with Crippen LogP contribution in [0.4, 0.5) is 0 Å². The maximum Gasteiger partial charge on any atom is 0.264 e. The van der Waals surface area contributed by atoms with Crippen molar-refractivity contribution in [2.45, 2.75) is 53.1 Å². The number of fused-ring (bicyclic) bond motifs is 1. The molecule has 27 heavy (non-hydrogen) atoms. The second-order valence-electron chi connectivity index (χ2n) is 6.87. The first kappa shape index (κ1) is 18.8. The van der Waals surface area contributed by atoms with Gasteiger partial charge in [0.05, 0.1) is 11.9 Å². The van der Waals surface area contributed by atoms with Crippen molar-refractivity contribution in [1.29, 1.82) is 0 Å². The summed E-state index contributed by atoms with van der Waals surface area (Å²) < 4.78 is 3.21. The lowest BCUT2D eigenvalue weighted by Gasteiger charge is -2.13. The zero-order chi connectivity index (χ0) is 19.6. The number of rotatable bonds is 6. The second-order valence-corrected chi connectivity index (χ2v) is 6.87. The third-order valence-electron chi connectivity index (χ3n) is 4.74. The van der Waals surface area contributed by atoms with E-state index in [4.69, 9.17) is 0 Å². The van der Waals surface area contributed by atoms with Gasteiger partial charge < -0.3 is 5.32 Å². The number of nitrogens with zero attached hydrogens (tertiary/aromatic N) is 4. The highest BCUT2D eigenvalue weighted by molar-refractivity contribution is 5.77. The number of carbonyl (C=O) groups is 1. The zero-order valence-electron chi connectivity index (χ0n) is 16.2. The summed E-state index contributed by atoms with van der Waals surface area (Å²) in [7, 11) is 0. The highest BCUT2D eigenvalue weighted by Gasteiger charge is 2.15. The number of hydrogen-bond acceptors (Lipinski definition) is 4. The van der Waals surface area contributed by atoms with Gasteiger partial charge in [-0.05, 0) is 39.3 Å². The SMILES string of the molecule is CCC(C)NC(=O)CCn1c(C)nc2c(cnn2-c2ccc(C)cc2)c1=O. The first-order chi connectivity index (χ1) is 12.9. The predicted octanol–water partition coefficient (Wildman–Crippen LogP) is 2.50. The van der Waals surface area contributed by atoms with Gasteiger partial charge in [0.15, 0.2) is 5.65 Å². The second kappa shape index (κ2) is 7.73. The molecule has 0 fully saturated rings. The number of carbonyl (C=O) groups excluding carboxylic acids is 1. The fourth-order valence-electron chi connectivity index (χ4n) is 2.91. The van der Waals surface area contributed by atoms with E-state index < -0.39 is 0 Å². The zero-order valence-corrected chi connectivity index (χ0v) is 16.2. The minimum Gasteiger partial charge on any atom is -0.354 e. The maximum atomic E-state index is 12.9. The molecule has 3 rings (SSSR count). The molecule has 0 saturated heterocycles. The van der Waals surface area contributed by atoms with Crippen molar-refractivity contribution in [1.82, 2.24) is 24.6 Å². The minimum absolute atomic E-state index is 0.0638. The molecule has 2 heterocycles. The van der Waals surface area contributed by atoms with Gasteiger partial charge in [-0.15, -0.1) is 0 Å². The van der Waals surface area contributed by atoms with Crippen LogP contribution in [0.5, 0.6) is 0 Å². The van der Waals surface area contributed by atoms with Crippen LogP contribution in [0.1, 0.15) is 38.1 Å². The lowest BCUT2D eigenvalue weighted by molar-refractivity contribution is -0.121. The molecule has 0 aliphatic heterocycles. The molecule has 0 bridgehead atoms. The molecule has 2 aromatic heterocycles. The summed E-state index contributed by atoms with van der Waals surface area (Å²) in [5.41, 5.74) is 2.36. The molecule has 0 radical (unpaired) electrons. The molecule has 0 aliphatic rings. The molecule has 1 amide bonds. The van der Waals surface area contributed by atoms with E-state index >= 15 is 0 Å². The normalized spacial score (nSPS) is 12.3. The molecule has 142 valence electrons. The molecule has 7 nitrogen and oxygen atoms in total. The van der Waals surface area contributed by atoms with Crippen LogP contribution >= 0.6 is 0 Å². The molecule has 1 unspecified atom stereocenters. The molecule has 0 aliphatic carbocycles. The Hall–Kier alpha value is -2.96. The van der Waals surface area contributed by atoms with Crippen molar-refractivity contribution in [3.8, 4) is 5.69 Å². The Morgan fingerprint density at radius 3 is 2.59 bits per heavy atom. The average molecular weight is 367 g/mol. The van der Waals surface area contributed by atoms with Gasteiger partial charge in [0.25, 0.3) is 5.56 Å². The number of amides is 1. The van der Waals surface area contributed by atoms with Crippen molar-refractivity contribution in [2.24, 2.45) is 0 Å². The first-order valence-electron chi connectivity index (χ1n) is 9.22. The molecular weight excluding hydrogens is 342 g/mol. The van der Waals surface area contributed by atoms with Crippen molar-refractivity contribution in [2.75, 3.05) is 0 Å². The van der Waals surface area contributed by atoms with E-state index in [1.807, 2.05) is 45.0 Å². The van der Waals surface area contributed by atoms with Gasteiger partial charge in [-0.1, -0.05) is 24.6 Å². The molecule has 1 N–H and O–H groups in total. The van der Waals surface area contributed by atoms with Crippen molar-refractivity contribution >= 4 is 16.9 Å². The maximum absolute atomic E-state index is 12.9. The molecule has 1 aromatic carbocycles. The number of aromatic nitrogens is 4. The fourth-order valence-corrected chi connectivity index (χ4v) is 2.91. The summed E-state index contributed by atoms with van der Waals surface area (Å²) in [6, 6.07) is 8.01. The van der Waals surface area contributed by atoms with E-state index in [2.05, 4.69) is 15.4 Å². The highest BCUT2D eigenvalue weighted by atomic mass is 16.2. The molecule has 0 saturated carbocycles. The van der Waals surface area contributed by atoms with Gasteiger partial charge in [-0.3, -0.25) is 14.2 Å². The van der Waals surface area contributed by atoms with Crippen LogP contribution in [0, 0.1) is 13.8 Å². The molecule has 3 aromatic rings. The topological polar surface area (TPSA) is 81.8 Å². The van der Waals surface area contributed by atoms with Crippen LogP contribution in [0.15, 0.2) is 35.3 Å². The predicted molar refractivity (Wildman–Crippen MR) is 105 cm³/mol. The van der Waals surface area contributed by atoms with Crippen LogP contribution < -0.4 is 10.9 Å². The monoisotopic (exact) mass is 367 g/mol. The van der Waals surface area contributed by atoms with Gasteiger partial charge in [0, 0.05) is 19.0 Å². The lowest BCUT2D eigenvalue weighted by atomic mass is 10.2. The van der Waals surface area contributed by atoms with Crippen LogP contribution in [-0.2, 0) is 11.3 Å². The van der Waals surface area contributed by atoms with E-state index in [9.17, 15) is 9.59 Å². The quantitative estimate of drug-likeness (QED) is 0.726. The van der Waals surface area contributed by atoms with E-state index in [0.29, 0.717) is 23.4 Å². The average Bonchev–Trinajstić information content (AvgIpc) is 3.06. The minimum atomic E-state index is -0.174. The van der Waals surface area contributed by atoms with E-state index in [1.54, 1.807) is 22.4 Å². The largest absolute Gasteiger partial charge is 0.354 e. The summed E-state index contributed by atoms with van der Waals surface area (Å²) in [5.74, 6) is 0.504. The molecule has 7 heteroatoms. The Bertz CT molecular complexity index is 1020. The Morgan fingerprint density at radius 1 is 1.22 bits per heavy atom. The van der Waals surface area contributed by atoms with Crippen LogP contribution in [0.25, 0.3) is 16.7 Å². The lowest BCUT2D eigenvalue weighted by Crippen LogP contribution is -2.34. The Balaban J connectivity index is 1.90. The molecule has 0 spiro atoms. The van der Waals surface area contributed by atoms with E-state index in [1.165, 1.54) is 0 Å². The smallest absolute Gasteiger partial charge is 0.264 e. The summed E-state index contributed by atoms with van der Waals surface area (Å²) in [4.78, 5) is 29.5. The third-order valence-corrected chi connectivity index (χ3v) is 4.74. The van der Waals surface area contributed by atoms with Crippen molar-refractivity contribution in [3.63, 3.8) is 0 Å². The Morgan fingerprint density at radius 2 is 1.93 bits per heavy atom. The highest BCUT2D eigenvalue weighted by Crippen LogP contribution is 2.15. The van der Waals surface area contributed by atoms with E-state index in [0.717, 1.165) is 17.7 Å². The Kier molecular flexibility index (Phi) is 5.39. The van der Waals surface area contributed by atoms with Gasteiger partial charge in [-0.25, -0.2) is 9.67 Å². The fraction of sp³-hybridized carbons (Fsp3) is 0.400. The summed E-state index contributed by atoms with van der Waals surface area (Å²) >= 11 is 0. The van der Waals surface area contributed by atoms with Crippen LogP contribution in [-0.4, -0.2) is 31.3 Å². The number of nitrogens with one attached hydrogen (secondary N) is 1. The number of benzene rings is 1. The van der Waals surface area contributed by atoms with Gasteiger partial charge in [0.1, 0.15) is 11.2 Å². The summed E-state index contributed by atoms with van der Waals surface area (Å²) in [5, 5.41) is 7.71.